The number of fused-ring (bicyclic) bond motifs is 1. The number of hydrogen-bond acceptors (Lipinski definition) is 5. The topological polar surface area (TPSA) is 101 Å². The fraction of sp³-hybridized carbons (Fsp3) is 0.333. The van der Waals surface area contributed by atoms with E-state index < -0.39 is 23.8 Å². The largest absolute Gasteiger partial charge is 0.398 e. The first kappa shape index (κ1) is 14.2. The molecule has 0 spiro atoms. The first-order valence-corrected chi connectivity index (χ1v) is 7.08. The van der Waals surface area contributed by atoms with E-state index >= 15 is 0 Å². The van der Waals surface area contributed by atoms with Crippen LogP contribution in [0.3, 0.4) is 0 Å². The number of likely N-dealkylation sites (tertiary alicyclic amines) is 1. The van der Waals surface area contributed by atoms with E-state index in [9.17, 15) is 19.2 Å². The Morgan fingerprint density at radius 3 is 2.55 bits per heavy atom. The summed E-state index contributed by atoms with van der Waals surface area (Å²) >= 11 is 0. The molecule has 22 heavy (non-hydrogen) atoms. The van der Waals surface area contributed by atoms with Crippen LogP contribution < -0.4 is 5.73 Å². The molecule has 7 heteroatoms. The van der Waals surface area contributed by atoms with Crippen molar-refractivity contribution in [1.82, 2.24) is 9.80 Å². The molecule has 1 fully saturated rings. The van der Waals surface area contributed by atoms with Crippen LogP contribution in [0.4, 0.5) is 5.69 Å². The average molecular weight is 301 g/mol. The molecule has 1 saturated heterocycles. The van der Waals surface area contributed by atoms with Crippen molar-refractivity contribution in [1.29, 1.82) is 0 Å². The Hall–Kier alpha value is -2.70. The molecule has 0 radical (unpaired) electrons. The predicted octanol–water partition coefficient (Wildman–Crippen LogP) is 0.402. The number of amides is 4. The molecule has 0 aliphatic carbocycles. The normalized spacial score (nSPS) is 21.6. The second kappa shape index (κ2) is 4.94. The molecular formula is C15H15N3O4. The molecule has 3 rings (SSSR count). The van der Waals surface area contributed by atoms with Gasteiger partial charge in [0, 0.05) is 18.7 Å². The van der Waals surface area contributed by atoms with Crippen LogP contribution in [0.15, 0.2) is 18.2 Å². The van der Waals surface area contributed by atoms with Gasteiger partial charge >= 0.3 is 0 Å². The Morgan fingerprint density at radius 1 is 1.18 bits per heavy atom. The Balaban J connectivity index is 1.99. The van der Waals surface area contributed by atoms with Gasteiger partial charge in [0.2, 0.25) is 5.91 Å². The van der Waals surface area contributed by atoms with Crippen LogP contribution >= 0.6 is 0 Å². The van der Waals surface area contributed by atoms with Crippen molar-refractivity contribution < 1.29 is 19.2 Å². The molecule has 0 bridgehead atoms. The van der Waals surface area contributed by atoms with Crippen LogP contribution in [0.25, 0.3) is 0 Å². The van der Waals surface area contributed by atoms with Gasteiger partial charge in [-0.15, -0.1) is 0 Å². The van der Waals surface area contributed by atoms with Crippen molar-refractivity contribution in [3.8, 4) is 0 Å². The number of hydrogen-bond donors (Lipinski definition) is 1. The number of piperidine rings is 1. The predicted molar refractivity (Wildman–Crippen MR) is 76.8 cm³/mol. The van der Waals surface area contributed by atoms with Gasteiger partial charge in [0.15, 0.2) is 0 Å². The first-order valence-electron chi connectivity index (χ1n) is 7.08. The van der Waals surface area contributed by atoms with E-state index in [1.54, 1.807) is 13.0 Å². The second-order valence-electron chi connectivity index (χ2n) is 5.28. The van der Waals surface area contributed by atoms with Gasteiger partial charge in [-0.05, 0) is 25.5 Å². The summed E-state index contributed by atoms with van der Waals surface area (Å²) in [5, 5.41) is 0. The number of likely N-dealkylation sites (N-methyl/N-ethyl adjacent to an activating group) is 1. The van der Waals surface area contributed by atoms with Crippen LogP contribution in [0.2, 0.25) is 0 Å². The maximum Gasteiger partial charge on any atom is 0.264 e. The van der Waals surface area contributed by atoms with E-state index in [1.807, 2.05) is 0 Å². The van der Waals surface area contributed by atoms with Crippen molar-refractivity contribution in [3.05, 3.63) is 29.3 Å². The monoisotopic (exact) mass is 301 g/mol. The number of rotatable bonds is 2. The number of nitrogen functional groups attached to an aromatic ring is 1. The smallest absolute Gasteiger partial charge is 0.264 e. The number of imide groups is 2. The average Bonchev–Trinajstić information content (AvgIpc) is 2.73. The molecule has 0 saturated carbocycles. The van der Waals surface area contributed by atoms with Gasteiger partial charge in [-0.3, -0.25) is 29.0 Å². The Labute approximate surface area is 126 Å². The lowest BCUT2D eigenvalue weighted by Gasteiger charge is -2.33. The summed E-state index contributed by atoms with van der Waals surface area (Å²) in [5.41, 5.74) is 6.34. The van der Waals surface area contributed by atoms with E-state index in [2.05, 4.69) is 0 Å². The molecule has 7 nitrogen and oxygen atoms in total. The summed E-state index contributed by atoms with van der Waals surface area (Å²) in [6.07, 6.45) is 0.284. The van der Waals surface area contributed by atoms with Crippen LogP contribution in [0.5, 0.6) is 0 Å². The highest BCUT2D eigenvalue weighted by Crippen LogP contribution is 2.31. The summed E-state index contributed by atoms with van der Waals surface area (Å²) < 4.78 is 0. The number of nitrogens with two attached hydrogens (primary N) is 1. The Morgan fingerprint density at radius 2 is 1.91 bits per heavy atom. The van der Waals surface area contributed by atoms with E-state index in [0.717, 1.165) is 9.80 Å². The maximum absolute atomic E-state index is 12.5. The summed E-state index contributed by atoms with van der Waals surface area (Å²) in [6.45, 7) is 1.90. The van der Waals surface area contributed by atoms with Crippen molar-refractivity contribution in [3.63, 3.8) is 0 Å². The third-order valence-corrected chi connectivity index (χ3v) is 4.09. The van der Waals surface area contributed by atoms with Gasteiger partial charge in [-0.2, -0.15) is 0 Å². The van der Waals surface area contributed by atoms with E-state index in [0.29, 0.717) is 0 Å². The maximum atomic E-state index is 12.5. The van der Waals surface area contributed by atoms with Crippen molar-refractivity contribution in [2.24, 2.45) is 0 Å². The Kier molecular flexibility index (Phi) is 3.20. The van der Waals surface area contributed by atoms with Crippen molar-refractivity contribution >= 4 is 29.3 Å². The number of nitrogens with zero attached hydrogens (tertiary/aromatic N) is 2. The molecule has 1 atom stereocenters. The number of carbonyl (C=O) groups excluding carboxylic acids is 4. The summed E-state index contributed by atoms with van der Waals surface area (Å²) in [5.74, 6) is -1.88. The molecule has 1 unspecified atom stereocenters. The van der Waals surface area contributed by atoms with E-state index in [-0.39, 0.29) is 42.1 Å². The highest BCUT2D eigenvalue weighted by molar-refractivity contribution is 6.25. The molecule has 2 aliphatic heterocycles. The summed E-state index contributed by atoms with van der Waals surface area (Å²) in [4.78, 5) is 51.2. The molecule has 2 aliphatic rings. The third kappa shape index (κ3) is 1.82. The zero-order valence-corrected chi connectivity index (χ0v) is 12.0. The number of anilines is 1. The van der Waals surface area contributed by atoms with Crippen molar-refractivity contribution in [2.75, 3.05) is 12.3 Å². The van der Waals surface area contributed by atoms with Gasteiger partial charge in [-0.25, -0.2) is 0 Å². The lowest BCUT2D eigenvalue weighted by molar-refractivity contribution is -0.151. The highest BCUT2D eigenvalue weighted by atomic mass is 16.2. The molecule has 114 valence electrons. The number of carbonyl (C=O) groups is 4. The van der Waals surface area contributed by atoms with Gasteiger partial charge in [-0.1, -0.05) is 6.07 Å². The molecule has 2 N–H and O–H groups in total. The van der Waals surface area contributed by atoms with Crippen LogP contribution in [0, 0.1) is 0 Å². The fourth-order valence-electron chi connectivity index (χ4n) is 3.01. The molecular weight excluding hydrogens is 286 g/mol. The van der Waals surface area contributed by atoms with Gasteiger partial charge in [0.1, 0.15) is 6.04 Å². The minimum Gasteiger partial charge on any atom is -0.398 e. The molecule has 4 amide bonds. The molecule has 2 heterocycles. The molecule has 0 aromatic heterocycles. The SMILES string of the molecule is CCN1C(=O)CCC(N2C(=O)c3cccc(N)c3C2=O)C1=O. The zero-order chi connectivity index (χ0) is 16.0. The van der Waals surface area contributed by atoms with E-state index in [1.165, 1.54) is 12.1 Å². The van der Waals surface area contributed by atoms with Gasteiger partial charge < -0.3 is 5.73 Å². The minimum atomic E-state index is -0.940. The molecule has 1 aromatic carbocycles. The van der Waals surface area contributed by atoms with Gasteiger partial charge in [0.25, 0.3) is 17.7 Å². The van der Waals surface area contributed by atoms with Crippen LogP contribution in [0.1, 0.15) is 40.5 Å². The summed E-state index contributed by atoms with van der Waals surface area (Å²) in [6, 6.07) is 3.71. The van der Waals surface area contributed by atoms with E-state index in [4.69, 9.17) is 5.73 Å². The first-order chi connectivity index (χ1) is 10.5. The lowest BCUT2D eigenvalue weighted by Crippen LogP contribution is -2.55. The minimum absolute atomic E-state index is 0.132. The Bertz CT molecular complexity index is 713. The highest BCUT2D eigenvalue weighted by Gasteiger charge is 2.47. The van der Waals surface area contributed by atoms with Crippen molar-refractivity contribution in [2.45, 2.75) is 25.8 Å². The molecule has 1 aromatic rings. The quantitative estimate of drug-likeness (QED) is 0.629. The van der Waals surface area contributed by atoms with Gasteiger partial charge in [0.05, 0.1) is 11.1 Å². The fourth-order valence-corrected chi connectivity index (χ4v) is 3.01. The second-order valence-corrected chi connectivity index (χ2v) is 5.28. The zero-order valence-electron chi connectivity index (χ0n) is 12.0. The lowest BCUT2D eigenvalue weighted by atomic mass is 10.0. The standard InChI is InChI=1S/C15H15N3O4/c1-2-17-11(19)7-6-10(14(17)21)18-13(20)8-4-3-5-9(16)12(8)15(18)22/h3-5,10H,2,6-7,16H2,1H3. The number of benzene rings is 1. The third-order valence-electron chi connectivity index (χ3n) is 4.09. The van der Waals surface area contributed by atoms with Crippen LogP contribution in [-0.4, -0.2) is 46.0 Å². The summed E-state index contributed by atoms with van der Waals surface area (Å²) in [7, 11) is 0. The van der Waals surface area contributed by atoms with Crippen LogP contribution in [-0.2, 0) is 9.59 Å².